The van der Waals surface area contributed by atoms with Gasteiger partial charge < -0.3 is 44.3 Å². The van der Waals surface area contributed by atoms with Gasteiger partial charge in [-0.05, 0) is 11.8 Å². The minimum atomic E-state index is -5.10. The number of aliphatic hydroxyl groups is 2. The Morgan fingerprint density at radius 2 is 1.76 bits per heavy atom. The molecule has 19 nitrogen and oxygen atoms in total. The van der Waals surface area contributed by atoms with Crippen LogP contribution in [0.2, 0.25) is 0 Å². The Bertz CT molecular complexity index is 1810. The van der Waals surface area contributed by atoms with Crippen molar-refractivity contribution in [2.75, 3.05) is 18.9 Å². The lowest BCUT2D eigenvalue weighted by molar-refractivity contribution is -0.0651. The number of rotatable bonds is 2. The average Bonchev–Trinajstić information content (AvgIpc) is 3.71. The van der Waals surface area contributed by atoms with E-state index in [-0.39, 0.29) is 34.8 Å². The van der Waals surface area contributed by atoms with Gasteiger partial charge in [0.1, 0.15) is 54.3 Å². The van der Waals surface area contributed by atoms with E-state index in [4.69, 9.17) is 45.1 Å². The highest BCUT2D eigenvalue weighted by Crippen LogP contribution is 2.54. The van der Waals surface area contributed by atoms with Crippen molar-refractivity contribution in [2.24, 2.45) is 4.99 Å². The first-order chi connectivity index (χ1) is 21.3. The second kappa shape index (κ2) is 11.3. The SMILES string of the molecule is Nc1ncnc2c1ncn2[C@@H]1O[C@@H]2COP(=O)(O)O[C@@H]3[C@H](O)[C@@H](COP(O)(=S)O[C@H]2[C@H]1O)O[C@H]3n1cc(F)c2c1N=CCC2=O. The van der Waals surface area contributed by atoms with Gasteiger partial charge in [-0.3, -0.25) is 22.9 Å². The number of carbonyl (C=O) groups is 1. The summed E-state index contributed by atoms with van der Waals surface area (Å²) in [4.78, 5) is 50.1. The van der Waals surface area contributed by atoms with Gasteiger partial charge >= 0.3 is 14.5 Å². The van der Waals surface area contributed by atoms with Crippen molar-refractivity contribution in [3.8, 4) is 0 Å². The summed E-state index contributed by atoms with van der Waals surface area (Å²) in [6, 6.07) is 0. The van der Waals surface area contributed by atoms with Crippen LogP contribution in [0.1, 0.15) is 29.2 Å². The number of nitrogens with two attached hydrogens (primary N) is 1. The van der Waals surface area contributed by atoms with Crippen molar-refractivity contribution in [1.29, 1.82) is 0 Å². The van der Waals surface area contributed by atoms with E-state index >= 15 is 0 Å². The highest BCUT2D eigenvalue weighted by atomic mass is 32.5. The maximum atomic E-state index is 14.8. The van der Waals surface area contributed by atoms with Gasteiger partial charge in [-0.2, -0.15) is 0 Å². The van der Waals surface area contributed by atoms with E-state index in [1.165, 1.54) is 23.4 Å². The summed E-state index contributed by atoms with van der Waals surface area (Å²) in [5.74, 6) is -1.60. The van der Waals surface area contributed by atoms with Crippen LogP contribution >= 0.6 is 14.5 Å². The fourth-order valence-electron chi connectivity index (χ4n) is 5.55. The molecule has 4 aliphatic rings. The van der Waals surface area contributed by atoms with Crippen molar-refractivity contribution in [2.45, 2.75) is 55.5 Å². The van der Waals surface area contributed by atoms with Gasteiger partial charge in [-0.25, -0.2) is 28.9 Å². The molecule has 4 aliphatic heterocycles. The van der Waals surface area contributed by atoms with E-state index in [0.717, 1.165) is 10.8 Å². The van der Waals surface area contributed by atoms with Gasteiger partial charge in [0.15, 0.2) is 35.5 Å². The molecular weight excluding hydrogens is 667 g/mol. The smallest absolute Gasteiger partial charge is 0.387 e. The van der Waals surface area contributed by atoms with E-state index in [2.05, 4.69) is 19.9 Å². The predicted octanol–water partition coefficient (Wildman–Crippen LogP) is -0.0110. The first-order valence-electron chi connectivity index (χ1n) is 13.2. The molecule has 0 saturated carbocycles. The van der Waals surface area contributed by atoms with E-state index in [1.807, 2.05) is 0 Å². The number of aromatic nitrogens is 5. The molecule has 3 aromatic rings. The van der Waals surface area contributed by atoms with Crippen molar-refractivity contribution >= 4 is 61.1 Å². The molecule has 0 aliphatic carbocycles. The minimum absolute atomic E-state index is 0.0601. The molecule has 0 spiro atoms. The third-order valence-corrected chi connectivity index (χ3v) is 10.1. The minimum Gasteiger partial charge on any atom is -0.387 e. The molecule has 6 N–H and O–H groups in total. The second-order valence-electron chi connectivity index (χ2n) is 10.4. The molecule has 2 bridgehead atoms. The number of carbonyl (C=O) groups excluding carboxylic acids is 1. The Balaban J connectivity index is 1.20. The zero-order valence-electron chi connectivity index (χ0n) is 22.5. The molecule has 23 heteroatoms. The van der Waals surface area contributed by atoms with Gasteiger partial charge in [-0.15, -0.1) is 0 Å². The number of fused-ring (bicyclic) bond motifs is 5. The molecule has 45 heavy (non-hydrogen) atoms. The number of ketones is 1. The Labute approximate surface area is 256 Å². The fraction of sp³-hybridized carbons (Fsp3) is 0.500. The number of aliphatic hydroxyl groups excluding tert-OH is 2. The number of nitrogens with zero attached hydrogens (tertiary/aromatic N) is 6. The van der Waals surface area contributed by atoms with Gasteiger partial charge in [0.05, 0.1) is 25.1 Å². The van der Waals surface area contributed by atoms with Crippen LogP contribution in [0.5, 0.6) is 0 Å². The maximum absolute atomic E-state index is 14.8. The van der Waals surface area contributed by atoms with Crippen LogP contribution in [-0.2, 0) is 43.9 Å². The number of Topliss-reactive ketones (excluding diaryl/α,β-unsaturated/α-hetero) is 1. The van der Waals surface area contributed by atoms with E-state index in [1.54, 1.807) is 0 Å². The van der Waals surface area contributed by atoms with Gasteiger partial charge in [0.25, 0.3) is 0 Å². The molecule has 242 valence electrons. The van der Waals surface area contributed by atoms with Crippen LogP contribution in [-0.4, -0.2) is 106 Å². The lowest BCUT2D eigenvalue weighted by Crippen LogP contribution is -2.36. The van der Waals surface area contributed by atoms with E-state index in [0.29, 0.717) is 0 Å². The van der Waals surface area contributed by atoms with Crippen LogP contribution in [0.15, 0.2) is 23.8 Å². The predicted molar refractivity (Wildman–Crippen MR) is 149 cm³/mol. The summed E-state index contributed by atoms with van der Waals surface area (Å²) in [6.07, 6.45) is -7.63. The molecule has 2 unspecified atom stereocenters. The number of ether oxygens (including phenoxy) is 2. The maximum Gasteiger partial charge on any atom is 0.472 e. The Kier molecular flexibility index (Phi) is 7.76. The average molecular weight is 691 g/mol. The molecule has 3 saturated heterocycles. The summed E-state index contributed by atoms with van der Waals surface area (Å²) in [5.41, 5.74) is 5.91. The molecule has 3 fully saturated rings. The molecule has 0 amide bonds. The van der Waals surface area contributed by atoms with Crippen LogP contribution in [0.3, 0.4) is 0 Å². The number of nitrogen functional groups attached to an aromatic ring is 1. The lowest BCUT2D eigenvalue weighted by atomic mass is 10.1. The van der Waals surface area contributed by atoms with Crippen molar-refractivity contribution in [3.63, 3.8) is 0 Å². The van der Waals surface area contributed by atoms with Crippen LogP contribution in [0.4, 0.5) is 16.0 Å². The third-order valence-electron chi connectivity index (χ3n) is 7.60. The Hall–Kier alpha value is -2.62. The van der Waals surface area contributed by atoms with Gasteiger partial charge in [0, 0.05) is 18.8 Å². The van der Waals surface area contributed by atoms with E-state index < -0.39 is 88.4 Å². The molecule has 10 atom stereocenters. The molecule has 7 rings (SSSR count). The topological polar surface area (TPSA) is 257 Å². The standard InChI is InChI=1S/C22H24FN7O12P2S/c23-8-3-29(19-12(8)9(31)1-2-25-19)22-17-14(32)10(39-22)4-38-44(36,45)42-16-11(5-37-43(34,35)41-17)40-21(15(16)33)30-7-28-13-18(24)26-6-27-20(13)30/h2-3,6-7,10-11,14-17,21-22,32-33H,1,4-5H2,(H,34,35)(H,36,45)(H2,24,26,27)/t10-,11-,14-,15-,16-,17-,21-,22-,44?/m1/s1. The number of imidazole rings is 1. The summed E-state index contributed by atoms with van der Waals surface area (Å²) in [6.45, 7) is -5.67. The highest BCUT2D eigenvalue weighted by molar-refractivity contribution is 8.07. The lowest BCUT2D eigenvalue weighted by Gasteiger charge is -2.27. The molecular formula is C22H24FN7O12P2S. The number of halogens is 1. The molecule has 7 heterocycles. The normalized spacial score (nSPS) is 38.8. The Morgan fingerprint density at radius 1 is 1.00 bits per heavy atom. The summed E-state index contributed by atoms with van der Waals surface area (Å²) in [5, 5.41) is 22.3. The van der Waals surface area contributed by atoms with E-state index in [9.17, 15) is 33.7 Å². The number of hydrogen-bond acceptors (Lipinski definition) is 16. The summed E-state index contributed by atoms with van der Waals surface area (Å²) < 4.78 is 63.7. The fourth-order valence-corrected chi connectivity index (χ4v) is 7.93. The number of anilines is 1. The number of phosphoric acid groups is 1. The van der Waals surface area contributed by atoms with Crippen molar-refractivity contribution in [3.05, 3.63) is 30.2 Å². The van der Waals surface area contributed by atoms with Crippen LogP contribution < -0.4 is 5.73 Å². The van der Waals surface area contributed by atoms with Crippen LogP contribution in [0, 0.1) is 5.82 Å². The van der Waals surface area contributed by atoms with Crippen molar-refractivity contribution in [1.82, 2.24) is 24.1 Å². The monoisotopic (exact) mass is 691 g/mol. The Morgan fingerprint density at radius 3 is 2.56 bits per heavy atom. The quantitative estimate of drug-likeness (QED) is 0.221. The molecule has 0 aromatic carbocycles. The number of phosphoric ester groups is 1. The second-order valence-corrected chi connectivity index (χ2v) is 14.6. The largest absolute Gasteiger partial charge is 0.472 e. The third kappa shape index (κ3) is 5.46. The zero-order valence-corrected chi connectivity index (χ0v) is 25.2. The van der Waals surface area contributed by atoms with Gasteiger partial charge in [0.2, 0.25) is 0 Å². The molecule has 3 aromatic heterocycles. The number of hydrogen-bond donors (Lipinski definition) is 5. The first-order valence-corrected chi connectivity index (χ1v) is 17.3. The van der Waals surface area contributed by atoms with Gasteiger partial charge in [-0.1, -0.05) is 0 Å². The summed E-state index contributed by atoms with van der Waals surface area (Å²) >= 11 is 5.16. The summed E-state index contributed by atoms with van der Waals surface area (Å²) in [7, 11) is -5.10. The van der Waals surface area contributed by atoms with Crippen molar-refractivity contribution < 1.29 is 61.3 Å². The number of aliphatic imine (C=N–C) groups is 1. The highest BCUT2D eigenvalue weighted by Gasteiger charge is 2.53. The molecule has 0 radical (unpaired) electrons. The van der Waals surface area contributed by atoms with Crippen LogP contribution in [0.25, 0.3) is 11.2 Å². The zero-order chi connectivity index (χ0) is 31.8. The first kappa shape index (κ1) is 31.0.